The minimum atomic E-state index is -6.97. The van der Waals surface area contributed by atoms with E-state index >= 15 is 0 Å². The summed E-state index contributed by atoms with van der Waals surface area (Å²) < 4.78 is 156. The van der Waals surface area contributed by atoms with Crippen molar-refractivity contribution >= 4 is 21.9 Å². The van der Waals surface area contributed by atoms with Gasteiger partial charge in [0.2, 0.25) is 0 Å². The van der Waals surface area contributed by atoms with Crippen LogP contribution in [0.15, 0.2) is 0 Å². The van der Waals surface area contributed by atoms with Gasteiger partial charge in [-0.1, -0.05) is 11.8 Å². The molecule has 0 radical (unpaired) electrons. The first-order valence-corrected chi connectivity index (χ1v) is 7.49. The molecular weight excluding hydrogens is 425 g/mol. The van der Waals surface area contributed by atoms with E-state index in [9.17, 15) is 56.9 Å². The number of ether oxygens (including phenoxy) is 1. The van der Waals surface area contributed by atoms with E-state index in [-0.39, 0.29) is 29.6 Å². The molecule has 24 heavy (non-hydrogen) atoms. The SMILES string of the molecule is O=S(=O)([O-])CCSC(F)(F)C(F)OC(F)(F)C(F)(F)C(F)(F)F.[Na+]. The third-order valence-corrected chi connectivity index (χ3v) is 3.81. The van der Waals surface area contributed by atoms with E-state index in [0.717, 1.165) is 0 Å². The quantitative estimate of drug-likeness (QED) is 0.308. The summed E-state index contributed by atoms with van der Waals surface area (Å²) in [6, 6.07) is 0. The first-order chi connectivity index (χ1) is 9.83. The Morgan fingerprint density at radius 1 is 1.00 bits per heavy atom. The number of rotatable bonds is 8. The molecule has 0 aliphatic heterocycles. The topological polar surface area (TPSA) is 66.4 Å². The van der Waals surface area contributed by atoms with Crippen LogP contribution in [0.25, 0.3) is 0 Å². The zero-order valence-corrected chi connectivity index (χ0v) is 14.9. The van der Waals surface area contributed by atoms with Crippen molar-refractivity contribution in [2.75, 3.05) is 11.5 Å². The van der Waals surface area contributed by atoms with Gasteiger partial charge in [-0.15, -0.1) is 0 Å². The molecule has 0 aromatic heterocycles. The van der Waals surface area contributed by atoms with Gasteiger partial charge in [-0.05, 0) is 0 Å². The predicted molar refractivity (Wildman–Crippen MR) is 53.9 cm³/mol. The summed E-state index contributed by atoms with van der Waals surface area (Å²) >= 11 is -1.10. The predicted octanol–water partition coefficient (Wildman–Crippen LogP) is -0.0358. The minimum absolute atomic E-state index is 0. The molecule has 0 aromatic carbocycles. The summed E-state index contributed by atoms with van der Waals surface area (Å²) in [4.78, 5) is 0. The van der Waals surface area contributed by atoms with E-state index in [1.807, 2.05) is 0 Å². The van der Waals surface area contributed by atoms with Crippen LogP contribution in [0.3, 0.4) is 0 Å². The Labute approximate surface area is 154 Å². The normalized spacial score (nSPS) is 15.8. The molecule has 1 unspecified atom stereocenters. The van der Waals surface area contributed by atoms with Crippen molar-refractivity contribution in [1.82, 2.24) is 0 Å². The van der Waals surface area contributed by atoms with E-state index in [1.54, 1.807) is 0 Å². The fourth-order valence-electron chi connectivity index (χ4n) is 0.783. The van der Waals surface area contributed by atoms with Crippen LogP contribution in [0.4, 0.5) is 43.9 Å². The third-order valence-electron chi connectivity index (χ3n) is 1.87. The average molecular weight is 430 g/mol. The van der Waals surface area contributed by atoms with Crippen LogP contribution in [0.2, 0.25) is 0 Å². The van der Waals surface area contributed by atoms with E-state index in [2.05, 4.69) is 4.74 Å². The molecule has 0 aliphatic rings. The second kappa shape index (κ2) is 8.47. The van der Waals surface area contributed by atoms with Gasteiger partial charge in [0, 0.05) is 11.5 Å². The van der Waals surface area contributed by atoms with Crippen molar-refractivity contribution in [3.8, 4) is 0 Å². The molecule has 0 heterocycles. The Morgan fingerprint density at radius 3 is 1.75 bits per heavy atom. The van der Waals surface area contributed by atoms with Crippen LogP contribution in [0.1, 0.15) is 0 Å². The van der Waals surface area contributed by atoms with Crippen molar-refractivity contribution in [2.24, 2.45) is 0 Å². The molecule has 0 aliphatic carbocycles. The van der Waals surface area contributed by atoms with Gasteiger partial charge in [0.15, 0.2) is 0 Å². The maximum absolute atomic E-state index is 12.9. The molecule has 1 atom stereocenters. The summed E-state index contributed by atoms with van der Waals surface area (Å²) in [5, 5.41) is -5.13. The first-order valence-electron chi connectivity index (χ1n) is 4.93. The third kappa shape index (κ3) is 7.41. The van der Waals surface area contributed by atoms with E-state index in [1.165, 1.54) is 0 Å². The molecule has 0 amide bonds. The number of hydrogen-bond acceptors (Lipinski definition) is 5. The van der Waals surface area contributed by atoms with Gasteiger partial charge in [-0.3, -0.25) is 4.74 Å². The summed E-state index contributed by atoms with van der Waals surface area (Å²) in [5.74, 6) is -9.83. The Hall–Kier alpha value is 0.520. The molecule has 0 rings (SSSR count). The number of hydrogen-bond donors (Lipinski definition) is 0. The summed E-state index contributed by atoms with van der Waals surface area (Å²) in [7, 11) is -5.03. The summed E-state index contributed by atoms with van der Waals surface area (Å²) in [6.45, 7) is 0. The monoisotopic (exact) mass is 430 g/mol. The van der Waals surface area contributed by atoms with Gasteiger partial charge in [0.1, 0.15) is 0 Å². The van der Waals surface area contributed by atoms with E-state index in [4.69, 9.17) is 0 Å². The average Bonchev–Trinajstić information content (AvgIpc) is 2.24. The van der Waals surface area contributed by atoms with Gasteiger partial charge in [-0.25, -0.2) is 12.8 Å². The summed E-state index contributed by atoms with van der Waals surface area (Å²) in [6.07, 6.45) is -18.2. The fraction of sp³-hybridized carbons (Fsp3) is 1.00. The molecule has 0 aromatic rings. The molecule has 0 fully saturated rings. The Morgan fingerprint density at radius 2 is 1.42 bits per heavy atom. The Bertz CT molecular complexity index is 508. The molecule has 0 saturated carbocycles. The van der Waals surface area contributed by atoms with Crippen LogP contribution >= 0.6 is 11.8 Å². The molecule has 0 bridgehead atoms. The maximum Gasteiger partial charge on any atom is 1.00 e. The van der Waals surface area contributed by atoms with Crippen molar-refractivity contribution in [2.45, 2.75) is 29.8 Å². The van der Waals surface area contributed by atoms with Crippen molar-refractivity contribution in [1.29, 1.82) is 0 Å². The minimum Gasteiger partial charge on any atom is -0.748 e. The van der Waals surface area contributed by atoms with Gasteiger partial charge in [0.05, 0.1) is 10.1 Å². The molecule has 0 spiro atoms. The number of thioether (sulfide) groups is 1. The largest absolute Gasteiger partial charge is 1.00 e. The van der Waals surface area contributed by atoms with E-state index < -0.39 is 63.2 Å². The van der Waals surface area contributed by atoms with E-state index in [0.29, 0.717) is 0 Å². The standard InChI is InChI=1S/C7H6F10O4S2.Na/c8-3(4(9,10)22-1-2-23(18,19)20)21-7(16,17)5(11,12)6(13,14)15;/h3H,1-2H2,(H,18,19,20);/q;+1/p-1. The Balaban J connectivity index is 0. The second-order valence-corrected chi connectivity index (χ2v) is 6.46. The molecular formula is C7H5F10NaO4S2. The zero-order valence-electron chi connectivity index (χ0n) is 11.2. The molecule has 17 heteroatoms. The van der Waals surface area contributed by atoms with Crippen LogP contribution < -0.4 is 29.6 Å². The molecule has 4 nitrogen and oxygen atoms in total. The number of halogens is 10. The molecule has 0 saturated heterocycles. The maximum atomic E-state index is 12.9. The zero-order chi connectivity index (χ0) is 18.9. The van der Waals surface area contributed by atoms with Crippen molar-refractivity contribution in [3.63, 3.8) is 0 Å². The molecule has 140 valence electrons. The smallest absolute Gasteiger partial charge is 0.748 e. The van der Waals surface area contributed by atoms with Crippen LogP contribution in [-0.4, -0.2) is 54.3 Å². The number of alkyl halides is 10. The van der Waals surface area contributed by atoms with Crippen LogP contribution in [-0.2, 0) is 14.9 Å². The first kappa shape index (κ1) is 26.7. The van der Waals surface area contributed by atoms with Gasteiger partial charge < -0.3 is 4.55 Å². The Kier molecular flexibility index (Phi) is 9.44. The summed E-state index contributed by atoms with van der Waals surface area (Å²) in [5.41, 5.74) is 0. The van der Waals surface area contributed by atoms with Crippen LogP contribution in [0.5, 0.6) is 0 Å². The van der Waals surface area contributed by atoms with Gasteiger partial charge >= 0.3 is 53.0 Å². The van der Waals surface area contributed by atoms with Crippen molar-refractivity contribution in [3.05, 3.63) is 0 Å². The van der Waals surface area contributed by atoms with Crippen LogP contribution in [0, 0.1) is 0 Å². The fourth-order valence-corrected chi connectivity index (χ4v) is 2.38. The van der Waals surface area contributed by atoms with Crippen molar-refractivity contribution < 1.29 is 91.2 Å². The van der Waals surface area contributed by atoms with Gasteiger partial charge in [-0.2, -0.15) is 39.5 Å². The molecule has 0 N–H and O–H groups in total. The van der Waals surface area contributed by atoms with Gasteiger partial charge in [0.25, 0.3) is 6.36 Å². The second-order valence-electron chi connectivity index (χ2n) is 3.69.